The van der Waals surface area contributed by atoms with Gasteiger partial charge in [0.05, 0.1) is 0 Å². The van der Waals surface area contributed by atoms with Crippen LogP contribution in [0.1, 0.15) is 0 Å². The van der Waals surface area contributed by atoms with Gasteiger partial charge in [-0.2, -0.15) is 0 Å². The Hall–Kier alpha value is 0.200. The van der Waals surface area contributed by atoms with E-state index < -0.39 is 7.60 Å². The molecule has 6 heavy (non-hydrogen) atoms. The normalized spacial score (nSPS) is 6.67. The fraction of sp³-hybridized carbons (Fsp3) is 0. The average Bonchev–Trinajstić information content (AvgIpc) is 1.35. The fourth-order valence-corrected chi connectivity index (χ4v) is 0.408. The fourth-order valence-electron chi connectivity index (χ4n) is 0.0454. The van der Waals surface area contributed by atoms with Crippen LogP contribution < -0.4 is 0 Å². The molecule has 1 nitrogen and oxygen atoms in total. The lowest BCUT2D eigenvalue weighted by molar-refractivity contribution is -0.102. The SMILES string of the molecule is O=CC=S(=S)=S. The van der Waals surface area contributed by atoms with Crippen LogP contribution >= 0.6 is 0 Å². The van der Waals surface area contributed by atoms with Gasteiger partial charge in [0.2, 0.25) is 0 Å². The lowest BCUT2D eigenvalue weighted by Gasteiger charge is -1.47. The summed E-state index contributed by atoms with van der Waals surface area (Å²) in [4.78, 5) is 9.43. The summed E-state index contributed by atoms with van der Waals surface area (Å²) in [6, 6.07) is 0. The molecule has 0 atom stereocenters. The van der Waals surface area contributed by atoms with Crippen LogP contribution in [0.4, 0.5) is 0 Å². The second kappa shape index (κ2) is 3.39. The molecule has 0 fully saturated rings. The van der Waals surface area contributed by atoms with Crippen LogP contribution in [0.15, 0.2) is 0 Å². The molecule has 0 aromatic rings. The molecular weight excluding hydrogens is 136 g/mol. The summed E-state index contributed by atoms with van der Waals surface area (Å²) in [5, 5.41) is 1.27. The van der Waals surface area contributed by atoms with Crippen LogP contribution in [-0.2, 0) is 34.8 Å². The number of hydrogen-bond acceptors (Lipinski definition) is 3. The quantitative estimate of drug-likeness (QED) is 0.360. The molecule has 0 rings (SSSR count). The van der Waals surface area contributed by atoms with Gasteiger partial charge in [0.25, 0.3) is 0 Å². The van der Waals surface area contributed by atoms with E-state index in [0.29, 0.717) is 6.29 Å². The van der Waals surface area contributed by atoms with Crippen molar-refractivity contribution in [3.05, 3.63) is 0 Å². The van der Waals surface area contributed by atoms with Gasteiger partial charge in [-0.05, 0) is 22.4 Å². The molecule has 0 amide bonds. The predicted octanol–water partition coefficient (Wildman–Crippen LogP) is -0.470. The highest BCUT2D eigenvalue weighted by atomic mass is 33.1. The van der Waals surface area contributed by atoms with Crippen molar-refractivity contribution in [2.45, 2.75) is 0 Å². The zero-order valence-electron chi connectivity index (χ0n) is 2.79. The van der Waals surface area contributed by atoms with E-state index in [9.17, 15) is 4.79 Å². The van der Waals surface area contributed by atoms with Crippen molar-refractivity contribution in [2.24, 2.45) is 0 Å². The third-order valence-corrected chi connectivity index (χ3v) is 1.17. The summed E-state index contributed by atoms with van der Waals surface area (Å²) in [7, 11) is -0.642. The van der Waals surface area contributed by atoms with E-state index in [-0.39, 0.29) is 0 Å². The van der Waals surface area contributed by atoms with E-state index in [0.717, 1.165) is 0 Å². The lowest BCUT2D eigenvalue weighted by Crippen LogP contribution is -1.68. The highest BCUT2D eigenvalue weighted by Crippen LogP contribution is 1.34. The second-order valence-corrected chi connectivity index (χ2v) is 4.11. The summed E-state index contributed by atoms with van der Waals surface area (Å²) < 4.78 is 0. The molecule has 0 N–H and O–H groups in total. The average molecular weight is 138 g/mol. The molecule has 0 aromatic carbocycles. The van der Waals surface area contributed by atoms with Crippen LogP contribution in [-0.4, -0.2) is 11.7 Å². The van der Waals surface area contributed by atoms with Gasteiger partial charge >= 0.3 is 0 Å². The molecule has 34 valence electrons. The molecule has 0 saturated carbocycles. The lowest BCUT2D eigenvalue weighted by atomic mass is 10.9. The van der Waals surface area contributed by atoms with Crippen LogP contribution in [0, 0.1) is 0 Å². The van der Waals surface area contributed by atoms with Gasteiger partial charge in [0.15, 0.2) is 6.29 Å². The number of hydrogen-bond donors (Lipinski definition) is 0. The Balaban J connectivity index is 4.17. The van der Waals surface area contributed by atoms with Crippen molar-refractivity contribution in [1.82, 2.24) is 0 Å². The Labute approximate surface area is 46.8 Å². The van der Waals surface area contributed by atoms with Gasteiger partial charge in [0, 0.05) is 5.37 Å². The van der Waals surface area contributed by atoms with E-state index in [1.54, 1.807) is 0 Å². The third-order valence-electron chi connectivity index (χ3n) is 0.167. The van der Waals surface area contributed by atoms with Crippen molar-refractivity contribution in [2.75, 3.05) is 0 Å². The van der Waals surface area contributed by atoms with Crippen LogP contribution in [0.2, 0.25) is 0 Å². The van der Waals surface area contributed by atoms with Gasteiger partial charge in [-0.1, -0.05) is 7.60 Å². The topological polar surface area (TPSA) is 17.1 Å². The van der Waals surface area contributed by atoms with Gasteiger partial charge in [-0.3, -0.25) is 4.79 Å². The first-order valence-electron chi connectivity index (χ1n) is 1.14. The van der Waals surface area contributed by atoms with Gasteiger partial charge < -0.3 is 0 Å². The molecule has 0 aromatic heterocycles. The van der Waals surface area contributed by atoms with Crippen molar-refractivity contribution in [3.63, 3.8) is 0 Å². The van der Waals surface area contributed by atoms with Crippen LogP contribution in [0.25, 0.3) is 0 Å². The van der Waals surface area contributed by atoms with Crippen LogP contribution in [0.5, 0.6) is 0 Å². The van der Waals surface area contributed by atoms with Crippen LogP contribution in [0.3, 0.4) is 0 Å². The number of carbonyl (C=O) groups is 1. The summed E-state index contributed by atoms with van der Waals surface area (Å²) >= 11 is 8.87. The Bertz CT molecular complexity index is 144. The highest BCUT2D eigenvalue weighted by Gasteiger charge is 1.51. The monoisotopic (exact) mass is 138 g/mol. The number of carbonyl (C=O) groups excluding carboxylic acids is 1. The maximum Gasteiger partial charge on any atom is 0.153 e. The molecule has 0 radical (unpaired) electrons. The predicted molar refractivity (Wildman–Crippen MR) is 34.2 cm³/mol. The summed E-state index contributed by atoms with van der Waals surface area (Å²) in [6.07, 6.45) is 0.628. The minimum absolute atomic E-state index is 0.628. The van der Waals surface area contributed by atoms with Crippen molar-refractivity contribution >= 4 is 41.6 Å². The maximum absolute atomic E-state index is 9.43. The molecule has 0 bridgehead atoms. The molecule has 0 aliphatic carbocycles. The molecule has 0 aliphatic rings. The number of rotatable bonds is 1. The van der Waals surface area contributed by atoms with Gasteiger partial charge in [-0.25, -0.2) is 0 Å². The molecule has 0 spiro atoms. The zero-order valence-corrected chi connectivity index (χ0v) is 5.24. The first-order chi connectivity index (χ1) is 2.77. The first-order valence-corrected chi connectivity index (χ1v) is 4.28. The Morgan fingerprint density at radius 2 is 2.00 bits per heavy atom. The Morgan fingerprint density at radius 3 is 2.00 bits per heavy atom. The smallest absolute Gasteiger partial charge is 0.153 e. The first kappa shape index (κ1) is 6.20. The van der Waals surface area contributed by atoms with E-state index in [2.05, 4.69) is 22.4 Å². The highest BCUT2D eigenvalue weighted by molar-refractivity contribution is 8.45. The van der Waals surface area contributed by atoms with Crippen molar-refractivity contribution < 1.29 is 4.79 Å². The summed E-state index contributed by atoms with van der Waals surface area (Å²) in [5.74, 6) is 0. The van der Waals surface area contributed by atoms with Crippen molar-refractivity contribution in [1.29, 1.82) is 0 Å². The molecule has 0 unspecified atom stereocenters. The largest absolute Gasteiger partial charge is 0.298 e. The molecule has 0 heterocycles. The van der Waals surface area contributed by atoms with Gasteiger partial charge in [0.1, 0.15) is 0 Å². The molecule has 4 heteroatoms. The Kier molecular flexibility index (Phi) is 3.51. The Morgan fingerprint density at radius 1 is 1.50 bits per heavy atom. The summed E-state index contributed by atoms with van der Waals surface area (Å²) in [5.41, 5.74) is 0. The molecule has 0 saturated heterocycles. The van der Waals surface area contributed by atoms with E-state index in [1.165, 1.54) is 5.37 Å². The second-order valence-electron chi connectivity index (χ2n) is 0.533. The minimum Gasteiger partial charge on any atom is -0.298 e. The minimum atomic E-state index is -0.642. The van der Waals surface area contributed by atoms with Gasteiger partial charge in [-0.15, -0.1) is 0 Å². The maximum atomic E-state index is 9.43. The number of aldehydes is 1. The zero-order chi connectivity index (χ0) is 4.99. The van der Waals surface area contributed by atoms with E-state index >= 15 is 0 Å². The summed E-state index contributed by atoms with van der Waals surface area (Å²) in [6.45, 7) is 0. The molecule has 0 aliphatic heterocycles. The standard InChI is InChI=1S/C2H2OS3/c3-1-2-6(4)5/h1-2H. The molecular formula is C2H2OS3. The van der Waals surface area contributed by atoms with Crippen molar-refractivity contribution in [3.8, 4) is 0 Å². The van der Waals surface area contributed by atoms with E-state index in [1.807, 2.05) is 0 Å². The van der Waals surface area contributed by atoms with E-state index in [4.69, 9.17) is 0 Å². The third kappa shape index (κ3) is 4.20.